The average molecular weight is 209 g/mol. The summed E-state index contributed by atoms with van der Waals surface area (Å²) in [5.41, 5.74) is 2.47. The zero-order valence-corrected chi connectivity index (χ0v) is 9.33. The molecular formula is C10H19N5. The largest absolute Gasteiger partial charge is 0.368 e. The quantitative estimate of drug-likeness (QED) is 0.490. The van der Waals surface area contributed by atoms with Crippen molar-refractivity contribution in [2.45, 2.75) is 26.7 Å². The normalized spacial score (nSPS) is 10.4. The minimum Gasteiger partial charge on any atom is -0.368 e. The predicted octanol–water partition coefficient (Wildman–Crippen LogP) is 1.61. The number of nitrogens with zero attached hydrogens (tertiary/aromatic N) is 2. The van der Waals surface area contributed by atoms with E-state index in [9.17, 15) is 0 Å². The molecule has 0 radical (unpaired) electrons. The zero-order chi connectivity index (χ0) is 11.1. The first-order valence-electron chi connectivity index (χ1n) is 5.32. The van der Waals surface area contributed by atoms with Crippen molar-refractivity contribution in [1.82, 2.24) is 9.97 Å². The van der Waals surface area contributed by atoms with E-state index < -0.39 is 0 Å². The van der Waals surface area contributed by atoms with Crippen LogP contribution in [0.3, 0.4) is 0 Å². The average Bonchev–Trinajstić information content (AvgIpc) is 2.31. The number of aromatic nitrogens is 2. The Morgan fingerprint density at radius 1 is 1.27 bits per heavy atom. The smallest absolute Gasteiger partial charge is 0.160 e. The number of nitrogen functional groups attached to an aromatic ring is 1. The summed E-state index contributed by atoms with van der Waals surface area (Å²) in [6.07, 6.45) is 5.63. The fourth-order valence-electron chi connectivity index (χ4n) is 1.35. The zero-order valence-electron chi connectivity index (χ0n) is 9.33. The molecule has 5 heteroatoms. The van der Waals surface area contributed by atoms with Crippen LogP contribution >= 0.6 is 0 Å². The van der Waals surface area contributed by atoms with Gasteiger partial charge in [-0.2, -0.15) is 0 Å². The van der Waals surface area contributed by atoms with Crippen LogP contribution in [0.25, 0.3) is 0 Å². The van der Waals surface area contributed by atoms with Crippen molar-refractivity contribution in [2.75, 3.05) is 17.3 Å². The lowest BCUT2D eigenvalue weighted by molar-refractivity contribution is 0.518. The van der Waals surface area contributed by atoms with Crippen molar-refractivity contribution in [2.24, 2.45) is 11.8 Å². The molecule has 0 fully saturated rings. The molecule has 0 atom stereocenters. The van der Waals surface area contributed by atoms with Gasteiger partial charge in [-0.3, -0.25) is 4.98 Å². The van der Waals surface area contributed by atoms with E-state index in [2.05, 4.69) is 34.6 Å². The van der Waals surface area contributed by atoms with Gasteiger partial charge in [0.15, 0.2) is 5.82 Å². The van der Waals surface area contributed by atoms with E-state index in [-0.39, 0.29) is 0 Å². The van der Waals surface area contributed by atoms with E-state index in [1.807, 2.05) is 0 Å². The molecule has 0 aliphatic rings. The molecule has 0 bridgehead atoms. The first-order chi connectivity index (χ1) is 7.30. The van der Waals surface area contributed by atoms with Gasteiger partial charge in [0.05, 0.1) is 12.4 Å². The van der Waals surface area contributed by atoms with Crippen molar-refractivity contribution in [3.63, 3.8) is 0 Å². The highest BCUT2D eigenvalue weighted by Crippen LogP contribution is 2.10. The molecule has 4 N–H and O–H groups in total. The highest BCUT2D eigenvalue weighted by Gasteiger charge is 2.03. The van der Waals surface area contributed by atoms with E-state index in [1.165, 1.54) is 12.8 Å². The van der Waals surface area contributed by atoms with Crippen molar-refractivity contribution in [1.29, 1.82) is 0 Å². The Labute approximate surface area is 90.5 Å². The van der Waals surface area contributed by atoms with Crippen LogP contribution in [0.4, 0.5) is 11.6 Å². The van der Waals surface area contributed by atoms with Gasteiger partial charge in [0.1, 0.15) is 5.82 Å². The van der Waals surface area contributed by atoms with Gasteiger partial charge in [0.2, 0.25) is 0 Å². The highest BCUT2D eigenvalue weighted by molar-refractivity contribution is 5.40. The second-order valence-corrected chi connectivity index (χ2v) is 3.50. The summed E-state index contributed by atoms with van der Waals surface area (Å²) in [5, 5.41) is 3.25. The second kappa shape index (κ2) is 6.19. The van der Waals surface area contributed by atoms with Crippen molar-refractivity contribution < 1.29 is 0 Å². The molecule has 5 nitrogen and oxygen atoms in total. The molecule has 0 unspecified atom stereocenters. The SMILES string of the molecule is CCC(CC)CNc1cncc(NN)n1. The fourth-order valence-corrected chi connectivity index (χ4v) is 1.35. The van der Waals surface area contributed by atoms with E-state index in [4.69, 9.17) is 5.84 Å². The van der Waals surface area contributed by atoms with Crippen LogP contribution in [0.1, 0.15) is 26.7 Å². The Bertz CT molecular complexity index is 285. The fraction of sp³-hybridized carbons (Fsp3) is 0.600. The Morgan fingerprint density at radius 2 is 1.93 bits per heavy atom. The maximum atomic E-state index is 5.25. The maximum absolute atomic E-state index is 5.25. The lowest BCUT2D eigenvalue weighted by Gasteiger charge is -2.13. The molecule has 0 aliphatic carbocycles. The molecule has 1 rings (SSSR count). The Kier molecular flexibility index (Phi) is 4.83. The predicted molar refractivity (Wildman–Crippen MR) is 62.4 cm³/mol. The van der Waals surface area contributed by atoms with Crippen LogP contribution in [-0.2, 0) is 0 Å². The summed E-state index contributed by atoms with van der Waals surface area (Å²) in [5.74, 6) is 7.26. The summed E-state index contributed by atoms with van der Waals surface area (Å²) >= 11 is 0. The summed E-state index contributed by atoms with van der Waals surface area (Å²) in [4.78, 5) is 8.24. The Morgan fingerprint density at radius 3 is 2.53 bits per heavy atom. The topological polar surface area (TPSA) is 75.9 Å². The van der Waals surface area contributed by atoms with Crippen LogP contribution in [0, 0.1) is 5.92 Å². The van der Waals surface area contributed by atoms with Gasteiger partial charge in [-0.1, -0.05) is 26.7 Å². The van der Waals surface area contributed by atoms with Gasteiger partial charge in [-0.15, -0.1) is 0 Å². The van der Waals surface area contributed by atoms with E-state index in [1.54, 1.807) is 12.4 Å². The molecule has 0 spiro atoms. The third-order valence-electron chi connectivity index (χ3n) is 2.51. The summed E-state index contributed by atoms with van der Waals surface area (Å²) < 4.78 is 0. The first kappa shape index (κ1) is 11.7. The number of anilines is 2. The van der Waals surface area contributed by atoms with Crippen LogP contribution in [0.15, 0.2) is 12.4 Å². The lowest BCUT2D eigenvalue weighted by atomic mass is 10.0. The molecule has 1 aromatic heterocycles. The van der Waals surface area contributed by atoms with Crippen LogP contribution in [0.5, 0.6) is 0 Å². The molecule has 0 saturated carbocycles. The van der Waals surface area contributed by atoms with Gasteiger partial charge in [-0.25, -0.2) is 10.8 Å². The number of nitrogens with one attached hydrogen (secondary N) is 2. The number of hydrazine groups is 1. The lowest BCUT2D eigenvalue weighted by Crippen LogP contribution is -2.15. The van der Waals surface area contributed by atoms with Crippen molar-refractivity contribution >= 4 is 11.6 Å². The molecular weight excluding hydrogens is 190 g/mol. The Balaban J connectivity index is 2.49. The minimum absolute atomic E-state index is 0.574. The van der Waals surface area contributed by atoms with E-state index in [0.29, 0.717) is 11.7 Å². The number of nitrogens with two attached hydrogens (primary N) is 1. The monoisotopic (exact) mass is 209 g/mol. The molecule has 0 aliphatic heterocycles. The van der Waals surface area contributed by atoms with Crippen LogP contribution in [0.2, 0.25) is 0 Å². The summed E-state index contributed by atoms with van der Waals surface area (Å²) in [6, 6.07) is 0. The van der Waals surface area contributed by atoms with Crippen molar-refractivity contribution in [3.05, 3.63) is 12.4 Å². The van der Waals surface area contributed by atoms with Gasteiger partial charge in [-0.05, 0) is 5.92 Å². The maximum Gasteiger partial charge on any atom is 0.160 e. The van der Waals surface area contributed by atoms with Gasteiger partial charge >= 0.3 is 0 Å². The molecule has 0 saturated heterocycles. The molecule has 15 heavy (non-hydrogen) atoms. The summed E-state index contributed by atoms with van der Waals surface area (Å²) in [7, 11) is 0. The summed E-state index contributed by atoms with van der Waals surface area (Å²) in [6.45, 7) is 5.31. The van der Waals surface area contributed by atoms with E-state index in [0.717, 1.165) is 12.4 Å². The van der Waals surface area contributed by atoms with E-state index >= 15 is 0 Å². The van der Waals surface area contributed by atoms with Crippen LogP contribution in [-0.4, -0.2) is 16.5 Å². The number of hydrogen-bond acceptors (Lipinski definition) is 5. The van der Waals surface area contributed by atoms with Gasteiger partial charge in [0.25, 0.3) is 0 Å². The molecule has 0 aromatic carbocycles. The Hall–Kier alpha value is -1.36. The first-order valence-corrected chi connectivity index (χ1v) is 5.32. The molecule has 0 amide bonds. The third kappa shape index (κ3) is 3.71. The standard InChI is InChI=1S/C10H19N5/c1-3-8(4-2)5-13-9-6-12-7-10(14-9)15-11/h6-8H,3-5,11H2,1-2H3,(H2,13,14,15). The molecule has 1 heterocycles. The number of hydrogen-bond donors (Lipinski definition) is 3. The van der Waals surface area contributed by atoms with Crippen molar-refractivity contribution in [3.8, 4) is 0 Å². The molecule has 1 aromatic rings. The number of rotatable bonds is 6. The second-order valence-electron chi connectivity index (χ2n) is 3.50. The highest BCUT2D eigenvalue weighted by atomic mass is 15.3. The van der Waals surface area contributed by atoms with Gasteiger partial charge < -0.3 is 10.7 Å². The third-order valence-corrected chi connectivity index (χ3v) is 2.51. The molecule has 84 valence electrons. The van der Waals surface area contributed by atoms with Crippen LogP contribution < -0.4 is 16.6 Å². The van der Waals surface area contributed by atoms with Gasteiger partial charge in [0, 0.05) is 6.54 Å². The minimum atomic E-state index is 0.574.